The zero-order chi connectivity index (χ0) is 22.9. The van der Waals surface area contributed by atoms with Crippen molar-refractivity contribution in [3.63, 3.8) is 0 Å². The number of halogens is 5. The van der Waals surface area contributed by atoms with Crippen LogP contribution in [0.3, 0.4) is 0 Å². The molecule has 1 nitrogen and oxygen atoms in total. The standard InChI is InChI=1S/C26H25F5O/c1-2-3-16-4-6-17(7-5-16)18-8-11-21-19(14-18)9-12-22(25(21)28)20-10-13-24(23(27)15-20)32-26(29,30)31/h8-17H,2-7H2,1H3. The number of benzene rings is 3. The molecule has 1 aliphatic carbocycles. The van der Waals surface area contributed by atoms with Crippen LogP contribution < -0.4 is 4.74 Å². The maximum atomic E-state index is 15.2. The molecule has 0 atom stereocenters. The Morgan fingerprint density at radius 2 is 1.66 bits per heavy atom. The lowest BCUT2D eigenvalue weighted by atomic mass is 9.77. The summed E-state index contributed by atoms with van der Waals surface area (Å²) in [5, 5.41) is 1.17. The minimum Gasteiger partial charge on any atom is -0.403 e. The van der Waals surface area contributed by atoms with E-state index in [1.54, 1.807) is 18.2 Å². The van der Waals surface area contributed by atoms with E-state index in [2.05, 4.69) is 11.7 Å². The van der Waals surface area contributed by atoms with E-state index in [1.165, 1.54) is 37.3 Å². The highest BCUT2D eigenvalue weighted by Crippen LogP contribution is 2.39. The Hall–Kier alpha value is -2.63. The molecular weight excluding hydrogens is 423 g/mol. The van der Waals surface area contributed by atoms with Crippen LogP contribution in [0.2, 0.25) is 0 Å². The predicted molar refractivity (Wildman–Crippen MR) is 116 cm³/mol. The van der Waals surface area contributed by atoms with Crippen LogP contribution in [0.25, 0.3) is 21.9 Å². The first-order chi connectivity index (χ1) is 15.2. The van der Waals surface area contributed by atoms with Crippen LogP contribution in [0.4, 0.5) is 22.0 Å². The topological polar surface area (TPSA) is 9.23 Å². The van der Waals surface area contributed by atoms with Crippen LogP contribution >= 0.6 is 0 Å². The lowest BCUT2D eigenvalue weighted by Crippen LogP contribution is -2.17. The van der Waals surface area contributed by atoms with Gasteiger partial charge in [-0.25, -0.2) is 8.78 Å². The van der Waals surface area contributed by atoms with Crippen molar-refractivity contribution in [3.05, 3.63) is 65.7 Å². The smallest absolute Gasteiger partial charge is 0.403 e. The maximum Gasteiger partial charge on any atom is 0.573 e. The summed E-state index contributed by atoms with van der Waals surface area (Å²) in [6.07, 6.45) is 2.23. The Balaban J connectivity index is 1.59. The summed E-state index contributed by atoms with van der Waals surface area (Å²) in [6, 6.07) is 12.0. The minimum atomic E-state index is -5.00. The predicted octanol–water partition coefficient (Wildman–Crippen LogP) is 8.76. The SMILES string of the molecule is CCCC1CCC(c2ccc3c(F)c(-c4ccc(OC(F)(F)F)c(F)c4)ccc3c2)CC1. The van der Waals surface area contributed by atoms with Crippen LogP contribution in [-0.2, 0) is 0 Å². The van der Waals surface area contributed by atoms with Gasteiger partial charge in [0.05, 0.1) is 0 Å². The molecule has 0 aromatic heterocycles. The first-order valence-electron chi connectivity index (χ1n) is 11.0. The van der Waals surface area contributed by atoms with Crippen molar-refractivity contribution < 1.29 is 26.7 Å². The molecule has 3 aromatic carbocycles. The molecule has 4 rings (SSSR count). The molecule has 1 saturated carbocycles. The molecule has 3 aromatic rings. The van der Waals surface area contributed by atoms with Gasteiger partial charge in [0.2, 0.25) is 0 Å². The molecule has 0 aliphatic heterocycles. The Morgan fingerprint density at radius 3 is 2.31 bits per heavy atom. The number of rotatable bonds is 5. The lowest BCUT2D eigenvalue weighted by Gasteiger charge is -2.28. The molecule has 6 heteroatoms. The molecule has 0 heterocycles. The molecule has 0 bridgehead atoms. The van der Waals surface area contributed by atoms with Crippen LogP contribution in [0, 0.1) is 17.6 Å². The molecule has 0 unspecified atom stereocenters. The van der Waals surface area contributed by atoms with Gasteiger partial charge in [-0.1, -0.05) is 56.2 Å². The molecule has 32 heavy (non-hydrogen) atoms. The summed E-state index contributed by atoms with van der Waals surface area (Å²) in [7, 11) is 0. The van der Waals surface area contributed by atoms with Gasteiger partial charge in [-0.2, -0.15) is 0 Å². The van der Waals surface area contributed by atoms with Crippen molar-refractivity contribution in [3.8, 4) is 16.9 Å². The fraction of sp³-hybridized carbons (Fsp3) is 0.385. The summed E-state index contributed by atoms with van der Waals surface area (Å²) in [5.41, 5.74) is 1.48. The minimum absolute atomic E-state index is 0.128. The Bertz CT molecular complexity index is 1100. The molecule has 1 fully saturated rings. The summed E-state index contributed by atoms with van der Waals surface area (Å²) in [4.78, 5) is 0. The largest absolute Gasteiger partial charge is 0.573 e. The number of fused-ring (bicyclic) bond motifs is 1. The highest BCUT2D eigenvalue weighted by atomic mass is 19.4. The second-order valence-corrected chi connectivity index (χ2v) is 8.61. The van der Waals surface area contributed by atoms with Crippen molar-refractivity contribution in [2.24, 2.45) is 5.92 Å². The van der Waals surface area contributed by atoms with E-state index in [0.717, 1.165) is 36.3 Å². The second-order valence-electron chi connectivity index (χ2n) is 8.61. The fourth-order valence-corrected chi connectivity index (χ4v) is 4.86. The average Bonchev–Trinajstić information content (AvgIpc) is 2.75. The summed E-state index contributed by atoms with van der Waals surface area (Å²) < 4.78 is 70.0. The zero-order valence-corrected chi connectivity index (χ0v) is 17.8. The number of ether oxygens (including phenoxy) is 1. The van der Waals surface area contributed by atoms with Gasteiger partial charge < -0.3 is 4.74 Å². The van der Waals surface area contributed by atoms with Crippen molar-refractivity contribution in [1.29, 1.82) is 0 Å². The van der Waals surface area contributed by atoms with Gasteiger partial charge in [0.25, 0.3) is 0 Å². The Morgan fingerprint density at radius 1 is 0.906 bits per heavy atom. The molecule has 170 valence electrons. The normalized spacial score (nSPS) is 19.3. The van der Waals surface area contributed by atoms with E-state index in [1.807, 2.05) is 12.1 Å². The van der Waals surface area contributed by atoms with Gasteiger partial charge in [-0.3, -0.25) is 0 Å². The third-order valence-electron chi connectivity index (χ3n) is 6.46. The van der Waals surface area contributed by atoms with E-state index in [-0.39, 0.29) is 11.1 Å². The monoisotopic (exact) mass is 448 g/mol. The summed E-state index contributed by atoms with van der Waals surface area (Å²) in [6.45, 7) is 2.22. The maximum absolute atomic E-state index is 15.2. The molecule has 1 aliphatic rings. The van der Waals surface area contributed by atoms with Crippen molar-refractivity contribution >= 4 is 10.8 Å². The number of alkyl halides is 3. The average molecular weight is 448 g/mol. The quantitative estimate of drug-likeness (QED) is 0.355. The van der Waals surface area contributed by atoms with Crippen LogP contribution in [0.1, 0.15) is 56.9 Å². The molecule has 0 saturated heterocycles. The summed E-state index contributed by atoms with van der Waals surface area (Å²) in [5.74, 6) is -1.38. The molecule has 0 amide bonds. The first-order valence-corrected chi connectivity index (χ1v) is 11.0. The van der Waals surface area contributed by atoms with E-state index in [0.29, 0.717) is 11.3 Å². The van der Waals surface area contributed by atoms with Crippen LogP contribution in [-0.4, -0.2) is 6.36 Å². The van der Waals surface area contributed by atoms with Gasteiger partial charge in [0.15, 0.2) is 11.6 Å². The molecule has 0 N–H and O–H groups in total. The molecule has 0 radical (unpaired) electrons. The van der Waals surface area contributed by atoms with E-state index in [9.17, 15) is 17.6 Å². The first kappa shape index (κ1) is 22.6. The highest BCUT2D eigenvalue weighted by molar-refractivity contribution is 5.89. The fourth-order valence-electron chi connectivity index (χ4n) is 4.86. The zero-order valence-electron chi connectivity index (χ0n) is 17.8. The molecular formula is C26H25F5O. The van der Waals surface area contributed by atoms with E-state index >= 15 is 4.39 Å². The van der Waals surface area contributed by atoms with E-state index < -0.39 is 23.7 Å². The van der Waals surface area contributed by atoms with Gasteiger partial charge >= 0.3 is 6.36 Å². The van der Waals surface area contributed by atoms with Crippen molar-refractivity contribution in [1.82, 2.24) is 0 Å². The van der Waals surface area contributed by atoms with Crippen LogP contribution in [0.15, 0.2) is 48.5 Å². The second kappa shape index (κ2) is 9.08. The van der Waals surface area contributed by atoms with Crippen LogP contribution in [0.5, 0.6) is 5.75 Å². The Kier molecular flexibility index (Phi) is 6.40. The van der Waals surface area contributed by atoms with Gasteiger partial charge in [-0.05, 0) is 66.2 Å². The van der Waals surface area contributed by atoms with Gasteiger partial charge in [0, 0.05) is 10.9 Å². The van der Waals surface area contributed by atoms with Crippen molar-refractivity contribution in [2.45, 2.75) is 57.7 Å². The number of hydrogen-bond acceptors (Lipinski definition) is 1. The highest BCUT2D eigenvalue weighted by Gasteiger charge is 2.32. The molecule has 0 spiro atoms. The van der Waals surface area contributed by atoms with Gasteiger partial charge in [-0.15, -0.1) is 13.2 Å². The van der Waals surface area contributed by atoms with Crippen molar-refractivity contribution in [2.75, 3.05) is 0 Å². The Labute approximate surface area is 184 Å². The number of hydrogen-bond donors (Lipinski definition) is 0. The third kappa shape index (κ3) is 4.89. The third-order valence-corrected chi connectivity index (χ3v) is 6.46. The van der Waals surface area contributed by atoms with E-state index in [4.69, 9.17) is 0 Å². The van der Waals surface area contributed by atoms with Gasteiger partial charge in [0.1, 0.15) is 5.82 Å². The lowest BCUT2D eigenvalue weighted by molar-refractivity contribution is -0.275. The summed E-state index contributed by atoms with van der Waals surface area (Å²) >= 11 is 0.